The van der Waals surface area contributed by atoms with Crippen LogP contribution in [0.25, 0.3) is 0 Å². The third-order valence-corrected chi connectivity index (χ3v) is 6.55. The van der Waals surface area contributed by atoms with Crippen molar-refractivity contribution in [2.24, 2.45) is 0 Å². The predicted octanol–water partition coefficient (Wildman–Crippen LogP) is 2.92. The number of nitrogens with one attached hydrogen (secondary N) is 1. The molecule has 2 heterocycles. The molecule has 2 saturated heterocycles. The molecule has 1 aromatic rings. The van der Waals surface area contributed by atoms with Gasteiger partial charge in [0.15, 0.2) is 0 Å². The smallest absolute Gasteiger partial charge is 0.414 e. The van der Waals surface area contributed by atoms with E-state index in [1.807, 2.05) is 0 Å². The summed E-state index contributed by atoms with van der Waals surface area (Å²) >= 11 is 0. The maximum atomic E-state index is 14.6. The Morgan fingerprint density at radius 1 is 1.38 bits per heavy atom. The minimum Gasteiger partial charge on any atom is -0.442 e. The van der Waals surface area contributed by atoms with Crippen molar-refractivity contribution in [3.8, 4) is 0 Å². The molecule has 2 aliphatic rings. The summed E-state index contributed by atoms with van der Waals surface area (Å²) in [6.45, 7) is 1.72. The Morgan fingerprint density at radius 2 is 2.08 bits per heavy atom. The largest absolute Gasteiger partial charge is 0.442 e. The highest BCUT2D eigenvalue weighted by Gasteiger charge is 2.34. The summed E-state index contributed by atoms with van der Waals surface area (Å²) < 4.78 is 39.2. The molecule has 2 aliphatic heterocycles. The zero-order valence-electron chi connectivity index (χ0n) is 14.5. The summed E-state index contributed by atoms with van der Waals surface area (Å²) in [6, 6.07) is 4.74. The summed E-state index contributed by atoms with van der Waals surface area (Å²) in [6.07, 6.45) is 0.0461. The molecule has 144 valence electrons. The SMILES string of the molecule is CC(=O)NCC1CN(c2ccc(C3CCS(O)(O)CC3)cc2F)C(=O)O1. The Hall–Kier alpha value is -1.84. The molecule has 0 aliphatic carbocycles. The van der Waals surface area contributed by atoms with Crippen molar-refractivity contribution in [2.45, 2.75) is 31.8 Å². The highest BCUT2D eigenvalue weighted by molar-refractivity contribution is 8.24. The zero-order valence-corrected chi connectivity index (χ0v) is 15.3. The van der Waals surface area contributed by atoms with E-state index in [4.69, 9.17) is 4.74 Å². The van der Waals surface area contributed by atoms with E-state index in [0.29, 0.717) is 24.3 Å². The highest BCUT2D eigenvalue weighted by Crippen LogP contribution is 2.48. The van der Waals surface area contributed by atoms with Crippen LogP contribution in [0.1, 0.15) is 31.2 Å². The van der Waals surface area contributed by atoms with Gasteiger partial charge in [-0.2, -0.15) is 10.6 Å². The first kappa shape index (κ1) is 18.9. The van der Waals surface area contributed by atoms with E-state index >= 15 is 0 Å². The topological polar surface area (TPSA) is 99.1 Å². The molecule has 0 aromatic heterocycles. The van der Waals surface area contributed by atoms with Crippen molar-refractivity contribution in [3.63, 3.8) is 0 Å². The van der Waals surface area contributed by atoms with Crippen molar-refractivity contribution in [2.75, 3.05) is 29.5 Å². The predicted molar refractivity (Wildman–Crippen MR) is 97.3 cm³/mol. The second kappa shape index (κ2) is 7.42. The molecule has 2 fully saturated rings. The number of rotatable bonds is 4. The number of amides is 2. The number of hydrogen-bond donors (Lipinski definition) is 3. The number of carbonyl (C=O) groups excluding carboxylic acids is 2. The van der Waals surface area contributed by atoms with E-state index in [0.717, 1.165) is 5.56 Å². The van der Waals surface area contributed by atoms with Crippen LogP contribution in [0.4, 0.5) is 14.9 Å². The van der Waals surface area contributed by atoms with Crippen molar-refractivity contribution < 1.29 is 27.8 Å². The average Bonchev–Trinajstić information content (AvgIpc) is 2.93. The van der Waals surface area contributed by atoms with Crippen LogP contribution in [0.2, 0.25) is 0 Å². The van der Waals surface area contributed by atoms with Crippen LogP contribution < -0.4 is 10.2 Å². The Kier molecular flexibility index (Phi) is 5.40. The molecule has 26 heavy (non-hydrogen) atoms. The molecule has 0 radical (unpaired) electrons. The molecule has 1 atom stereocenters. The number of anilines is 1. The Bertz CT molecular complexity index is 704. The fraction of sp³-hybridized carbons (Fsp3) is 0.529. The van der Waals surface area contributed by atoms with Crippen molar-refractivity contribution in [1.82, 2.24) is 5.32 Å². The molecule has 9 heteroatoms. The summed E-state index contributed by atoms with van der Waals surface area (Å²) in [7, 11) is -2.47. The van der Waals surface area contributed by atoms with E-state index in [-0.39, 0.29) is 30.6 Å². The van der Waals surface area contributed by atoms with Gasteiger partial charge in [-0.1, -0.05) is 6.07 Å². The lowest BCUT2D eigenvalue weighted by Gasteiger charge is -2.39. The lowest BCUT2D eigenvalue weighted by atomic mass is 9.93. The van der Waals surface area contributed by atoms with Gasteiger partial charge in [0.1, 0.15) is 11.9 Å². The number of hydrogen-bond acceptors (Lipinski definition) is 5. The van der Waals surface area contributed by atoms with E-state index in [1.165, 1.54) is 17.9 Å². The third-order valence-electron chi connectivity index (χ3n) is 4.77. The van der Waals surface area contributed by atoms with Gasteiger partial charge < -0.3 is 10.1 Å². The van der Waals surface area contributed by atoms with Crippen molar-refractivity contribution in [1.29, 1.82) is 0 Å². The molecule has 1 unspecified atom stereocenters. The number of nitrogens with zero attached hydrogens (tertiary/aromatic N) is 1. The normalized spacial score (nSPS) is 24.2. The number of benzene rings is 1. The second-order valence-electron chi connectivity index (χ2n) is 6.75. The van der Waals surface area contributed by atoms with Crippen LogP contribution in [0.3, 0.4) is 0 Å². The summed E-state index contributed by atoms with van der Waals surface area (Å²) in [5.74, 6) is 0.0155. The Balaban J connectivity index is 1.68. The highest BCUT2D eigenvalue weighted by atomic mass is 32.3. The molecular formula is C17H23FN2O5S. The monoisotopic (exact) mass is 386 g/mol. The van der Waals surface area contributed by atoms with Gasteiger partial charge in [-0.25, -0.2) is 9.18 Å². The van der Waals surface area contributed by atoms with Crippen LogP contribution >= 0.6 is 10.6 Å². The van der Waals surface area contributed by atoms with Gasteiger partial charge in [-0.3, -0.25) is 18.8 Å². The minimum absolute atomic E-state index is 0.0801. The molecule has 3 rings (SSSR count). The van der Waals surface area contributed by atoms with Gasteiger partial charge in [-0.05, 0) is 36.5 Å². The van der Waals surface area contributed by atoms with E-state index < -0.39 is 28.6 Å². The lowest BCUT2D eigenvalue weighted by molar-refractivity contribution is -0.119. The van der Waals surface area contributed by atoms with E-state index in [1.54, 1.807) is 12.1 Å². The fourth-order valence-electron chi connectivity index (χ4n) is 3.32. The number of cyclic esters (lactones) is 1. The number of halogens is 1. The van der Waals surface area contributed by atoms with Gasteiger partial charge in [0, 0.05) is 18.4 Å². The van der Waals surface area contributed by atoms with Crippen LogP contribution in [0.15, 0.2) is 18.2 Å². The number of carbonyl (C=O) groups is 2. The van der Waals surface area contributed by atoms with Crippen molar-refractivity contribution >= 4 is 28.3 Å². The zero-order chi connectivity index (χ0) is 18.9. The standard InChI is InChI=1S/C17H23FN2O5S/c1-11(21)19-9-14-10-20(17(22)25-14)16-3-2-13(8-15(16)18)12-4-6-26(23,24)7-5-12/h2-3,8,12,14,23-24H,4-7,9-10H2,1H3,(H,19,21). The van der Waals surface area contributed by atoms with Gasteiger partial charge in [0.2, 0.25) is 5.91 Å². The van der Waals surface area contributed by atoms with Crippen molar-refractivity contribution in [3.05, 3.63) is 29.6 Å². The molecule has 7 nitrogen and oxygen atoms in total. The first-order valence-corrected chi connectivity index (χ1v) is 10.4. The fourth-order valence-corrected chi connectivity index (χ4v) is 4.85. The minimum atomic E-state index is -2.47. The summed E-state index contributed by atoms with van der Waals surface area (Å²) in [4.78, 5) is 24.2. The van der Waals surface area contributed by atoms with Crippen LogP contribution in [-0.4, -0.2) is 51.8 Å². The first-order valence-electron chi connectivity index (χ1n) is 8.51. The molecular weight excluding hydrogens is 363 g/mol. The van der Waals surface area contributed by atoms with Gasteiger partial charge in [0.05, 0.1) is 18.8 Å². The molecule has 0 spiro atoms. The van der Waals surface area contributed by atoms with Gasteiger partial charge in [0.25, 0.3) is 0 Å². The first-order chi connectivity index (χ1) is 12.2. The van der Waals surface area contributed by atoms with Gasteiger partial charge in [-0.15, -0.1) is 0 Å². The van der Waals surface area contributed by atoms with Crippen LogP contribution in [-0.2, 0) is 9.53 Å². The van der Waals surface area contributed by atoms with Crippen LogP contribution in [0.5, 0.6) is 0 Å². The molecule has 0 bridgehead atoms. The average molecular weight is 386 g/mol. The maximum Gasteiger partial charge on any atom is 0.414 e. The molecule has 1 aromatic carbocycles. The van der Waals surface area contributed by atoms with E-state index in [9.17, 15) is 23.1 Å². The summed E-state index contributed by atoms with van der Waals surface area (Å²) in [5, 5.41) is 2.58. The maximum absolute atomic E-state index is 14.6. The van der Waals surface area contributed by atoms with Gasteiger partial charge >= 0.3 is 6.09 Å². The van der Waals surface area contributed by atoms with E-state index in [2.05, 4.69) is 5.32 Å². The number of ether oxygens (including phenoxy) is 1. The Labute approximate surface area is 152 Å². The molecule has 2 amide bonds. The summed E-state index contributed by atoms with van der Waals surface area (Å²) in [5.41, 5.74) is 0.938. The Morgan fingerprint density at radius 3 is 2.69 bits per heavy atom. The third kappa shape index (κ3) is 4.28. The van der Waals surface area contributed by atoms with Crippen LogP contribution in [0, 0.1) is 5.82 Å². The lowest BCUT2D eigenvalue weighted by Crippen LogP contribution is -2.33. The second-order valence-corrected chi connectivity index (χ2v) is 9.17. The molecule has 0 saturated carbocycles. The quantitative estimate of drug-likeness (QED) is 0.739. The molecule has 3 N–H and O–H groups in total.